The minimum absolute atomic E-state index is 0.188. The van der Waals surface area contributed by atoms with Crippen molar-refractivity contribution in [3.05, 3.63) is 47.3 Å². The highest BCUT2D eigenvalue weighted by molar-refractivity contribution is 5.37. The number of benzene rings is 1. The molecule has 0 spiro atoms. The van der Waals surface area contributed by atoms with Crippen LogP contribution < -0.4 is 0 Å². The SMILES string of the molecule is Cc1cc(C)n(-c2cccc(CN3CCC[C@H](C#N)C3)c2)n1. The Morgan fingerprint density at radius 3 is 2.91 bits per heavy atom. The second-order valence-electron chi connectivity index (χ2n) is 6.21. The lowest BCUT2D eigenvalue weighted by molar-refractivity contribution is 0.192. The van der Waals surface area contributed by atoms with Gasteiger partial charge in [0.25, 0.3) is 0 Å². The van der Waals surface area contributed by atoms with E-state index in [1.165, 1.54) is 5.56 Å². The van der Waals surface area contributed by atoms with Crippen molar-refractivity contribution in [2.45, 2.75) is 33.2 Å². The molecule has 1 aromatic heterocycles. The molecule has 1 atom stereocenters. The molecule has 3 rings (SSSR count). The molecule has 0 radical (unpaired) electrons. The third-order valence-corrected chi connectivity index (χ3v) is 4.26. The largest absolute Gasteiger partial charge is 0.298 e. The lowest BCUT2D eigenvalue weighted by atomic mass is 9.99. The van der Waals surface area contributed by atoms with E-state index in [0.29, 0.717) is 0 Å². The Balaban J connectivity index is 1.77. The van der Waals surface area contributed by atoms with Crippen molar-refractivity contribution < 1.29 is 0 Å². The van der Waals surface area contributed by atoms with Gasteiger partial charge in [0, 0.05) is 18.8 Å². The highest BCUT2D eigenvalue weighted by Crippen LogP contribution is 2.19. The van der Waals surface area contributed by atoms with Crippen LogP contribution in [0.15, 0.2) is 30.3 Å². The molecule has 4 heteroatoms. The molecule has 4 nitrogen and oxygen atoms in total. The average molecular weight is 294 g/mol. The summed E-state index contributed by atoms with van der Waals surface area (Å²) in [5.41, 5.74) is 4.58. The number of nitrogens with zero attached hydrogens (tertiary/aromatic N) is 4. The average Bonchev–Trinajstić information content (AvgIpc) is 2.86. The molecule has 1 fully saturated rings. The first kappa shape index (κ1) is 14.8. The zero-order valence-corrected chi connectivity index (χ0v) is 13.3. The van der Waals surface area contributed by atoms with Gasteiger partial charge < -0.3 is 0 Å². The second kappa shape index (κ2) is 6.33. The fourth-order valence-electron chi connectivity index (χ4n) is 3.24. The van der Waals surface area contributed by atoms with E-state index in [-0.39, 0.29) is 5.92 Å². The summed E-state index contributed by atoms with van der Waals surface area (Å²) in [4.78, 5) is 2.39. The van der Waals surface area contributed by atoms with Gasteiger partial charge in [0.2, 0.25) is 0 Å². The fraction of sp³-hybridized carbons (Fsp3) is 0.444. The summed E-state index contributed by atoms with van der Waals surface area (Å²) in [5, 5.41) is 13.7. The van der Waals surface area contributed by atoms with Crippen molar-refractivity contribution in [1.29, 1.82) is 5.26 Å². The third kappa shape index (κ3) is 3.20. The predicted octanol–water partition coefficient (Wildman–Crippen LogP) is 3.22. The monoisotopic (exact) mass is 294 g/mol. The van der Waals surface area contributed by atoms with Gasteiger partial charge in [0.15, 0.2) is 0 Å². The Morgan fingerprint density at radius 1 is 1.32 bits per heavy atom. The molecule has 1 aliphatic heterocycles. The molecule has 114 valence electrons. The number of aromatic nitrogens is 2. The quantitative estimate of drug-likeness (QED) is 0.873. The minimum Gasteiger partial charge on any atom is -0.298 e. The molecule has 1 saturated heterocycles. The summed E-state index contributed by atoms with van der Waals surface area (Å²) in [7, 11) is 0. The van der Waals surface area contributed by atoms with E-state index < -0.39 is 0 Å². The number of likely N-dealkylation sites (tertiary alicyclic amines) is 1. The van der Waals surface area contributed by atoms with E-state index in [0.717, 1.165) is 49.6 Å². The first-order valence-electron chi connectivity index (χ1n) is 7.90. The first-order chi connectivity index (χ1) is 10.7. The topological polar surface area (TPSA) is 44.9 Å². The van der Waals surface area contributed by atoms with Crippen LogP contribution in [0.3, 0.4) is 0 Å². The van der Waals surface area contributed by atoms with Gasteiger partial charge in [-0.15, -0.1) is 0 Å². The molecule has 22 heavy (non-hydrogen) atoms. The first-order valence-corrected chi connectivity index (χ1v) is 7.90. The number of piperidine rings is 1. The summed E-state index contributed by atoms with van der Waals surface area (Å²) in [6.07, 6.45) is 2.16. The van der Waals surface area contributed by atoms with Crippen molar-refractivity contribution >= 4 is 0 Å². The standard InChI is InChI=1S/C18H22N4/c1-14-9-15(2)22(20-14)18-7-3-5-16(10-18)12-21-8-4-6-17(11-19)13-21/h3,5,7,9-10,17H,4,6,8,12-13H2,1-2H3/t17-/m1/s1. The highest BCUT2D eigenvalue weighted by atomic mass is 15.3. The normalized spacial score (nSPS) is 19.0. The van der Waals surface area contributed by atoms with Crippen LogP contribution >= 0.6 is 0 Å². The molecule has 0 unspecified atom stereocenters. The van der Waals surface area contributed by atoms with E-state index in [1.54, 1.807) is 0 Å². The second-order valence-corrected chi connectivity index (χ2v) is 6.21. The molecule has 2 aromatic rings. The van der Waals surface area contributed by atoms with Crippen LogP contribution in [0.1, 0.15) is 29.8 Å². The molecule has 0 aliphatic carbocycles. The van der Waals surface area contributed by atoms with E-state index >= 15 is 0 Å². The Hall–Kier alpha value is -2.12. The number of aryl methyl sites for hydroxylation is 2. The maximum atomic E-state index is 9.11. The maximum absolute atomic E-state index is 9.11. The smallest absolute Gasteiger partial charge is 0.0669 e. The number of hydrogen-bond acceptors (Lipinski definition) is 3. The van der Waals surface area contributed by atoms with Gasteiger partial charge in [-0.2, -0.15) is 10.4 Å². The van der Waals surface area contributed by atoms with Crippen molar-refractivity contribution in [3.8, 4) is 11.8 Å². The summed E-state index contributed by atoms with van der Waals surface area (Å²) in [5.74, 6) is 0.188. The summed E-state index contributed by atoms with van der Waals surface area (Å²) in [6, 6.07) is 13.0. The van der Waals surface area contributed by atoms with Gasteiger partial charge in [0.05, 0.1) is 23.4 Å². The van der Waals surface area contributed by atoms with E-state index in [1.807, 2.05) is 11.6 Å². The van der Waals surface area contributed by atoms with Crippen LogP contribution in [-0.2, 0) is 6.54 Å². The molecular weight excluding hydrogens is 272 g/mol. The summed E-state index contributed by atoms with van der Waals surface area (Å²) in [6.45, 7) is 6.98. The third-order valence-electron chi connectivity index (χ3n) is 4.26. The lowest BCUT2D eigenvalue weighted by Gasteiger charge is -2.29. The molecule has 0 N–H and O–H groups in total. The van der Waals surface area contributed by atoms with E-state index in [2.05, 4.69) is 53.3 Å². The zero-order chi connectivity index (χ0) is 15.5. The number of rotatable bonds is 3. The van der Waals surface area contributed by atoms with E-state index in [4.69, 9.17) is 5.26 Å². The van der Waals surface area contributed by atoms with Crippen molar-refractivity contribution in [3.63, 3.8) is 0 Å². The molecule has 2 heterocycles. The molecule has 0 saturated carbocycles. The van der Waals surface area contributed by atoms with E-state index in [9.17, 15) is 0 Å². The predicted molar refractivity (Wildman–Crippen MR) is 86.7 cm³/mol. The number of hydrogen-bond donors (Lipinski definition) is 0. The van der Waals surface area contributed by atoms with Crippen molar-refractivity contribution in [2.75, 3.05) is 13.1 Å². The maximum Gasteiger partial charge on any atom is 0.0669 e. The van der Waals surface area contributed by atoms with Crippen molar-refractivity contribution in [2.24, 2.45) is 5.92 Å². The van der Waals surface area contributed by atoms with Crippen LogP contribution in [0.25, 0.3) is 5.69 Å². The van der Waals surface area contributed by atoms with Gasteiger partial charge in [-0.25, -0.2) is 4.68 Å². The van der Waals surface area contributed by atoms with Gasteiger partial charge >= 0.3 is 0 Å². The Bertz CT molecular complexity index is 695. The van der Waals surface area contributed by atoms with Crippen LogP contribution in [0, 0.1) is 31.1 Å². The van der Waals surface area contributed by atoms with Gasteiger partial charge in [0.1, 0.15) is 0 Å². The Kier molecular flexibility index (Phi) is 4.26. The Morgan fingerprint density at radius 2 is 2.18 bits per heavy atom. The van der Waals surface area contributed by atoms with Gasteiger partial charge in [-0.1, -0.05) is 12.1 Å². The summed E-state index contributed by atoms with van der Waals surface area (Å²) >= 11 is 0. The zero-order valence-electron chi connectivity index (χ0n) is 13.3. The van der Waals surface area contributed by atoms with Crippen LogP contribution in [0.4, 0.5) is 0 Å². The van der Waals surface area contributed by atoms with Crippen LogP contribution in [0.2, 0.25) is 0 Å². The Labute approximate surface area is 132 Å². The molecule has 0 bridgehead atoms. The van der Waals surface area contributed by atoms with Crippen molar-refractivity contribution in [1.82, 2.24) is 14.7 Å². The molecule has 1 aromatic carbocycles. The summed E-state index contributed by atoms with van der Waals surface area (Å²) < 4.78 is 1.99. The number of nitriles is 1. The highest BCUT2D eigenvalue weighted by Gasteiger charge is 2.19. The van der Waals surface area contributed by atoms with Gasteiger partial charge in [-0.05, 0) is 57.0 Å². The minimum atomic E-state index is 0.188. The lowest BCUT2D eigenvalue weighted by Crippen LogP contribution is -2.34. The van der Waals surface area contributed by atoms with Gasteiger partial charge in [-0.3, -0.25) is 4.90 Å². The molecule has 1 aliphatic rings. The fourth-order valence-corrected chi connectivity index (χ4v) is 3.24. The molecular formula is C18H22N4. The molecule has 0 amide bonds. The van der Waals surface area contributed by atoms with Crippen LogP contribution in [0.5, 0.6) is 0 Å². The van der Waals surface area contributed by atoms with Crippen LogP contribution in [-0.4, -0.2) is 27.8 Å².